The Bertz CT molecular complexity index is 501. The summed E-state index contributed by atoms with van der Waals surface area (Å²) in [7, 11) is 0. The third-order valence-electron chi connectivity index (χ3n) is 2.89. The van der Waals surface area contributed by atoms with Gasteiger partial charge in [0.2, 0.25) is 0 Å². The predicted octanol–water partition coefficient (Wildman–Crippen LogP) is 3.28. The molecule has 0 spiro atoms. The largest absolute Gasteiger partial charge is 0.462 e. The maximum atomic E-state index is 13.1. The molecule has 0 radical (unpaired) electrons. The van der Waals surface area contributed by atoms with E-state index in [4.69, 9.17) is 15.7 Å². The van der Waals surface area contributed by atoms with Crippen LogP contribution in [0, 0.1) is 22.6 Å². The van der Waals surface area contributed by atoms with Crippen LogP contribution in [0.3, 0.4) is 0 Å². The Labute approximate surface area is 118 Å². The molecule has 1 rings (SSSR count). The molecule has 20 heavy (non-hydrogen) atoms. The molecule has 1 aromatic carbocycles. The van der Waals surface area contributed by atoms with Crippen molar-refractivity contribution in [1.82, 2.24) is 0 Å². The van der Waals surface area contributed by atoms with Crippen molar-refractivity contribution in [3.63, 3.8) is 0 Å². The number of nitrogens with two attached hydrogens (primary N) is 1. The van der Waals surface area contributed by atoms with Crippen LogP contribution in [0.1, 0.15) is 43.5 Å². The zero-order valence-electron chi connectivity index (χ0n) is 11.8. The number of nitrogen functional groups attached to an aromatic ring is 1. The van der Waals surface area contributed by atoms with Crippen molar-refractivity contribution < 1.29 is 13.9 Å². The molecule has 0 heterocycles. The molecule has 0 aromatic heterocycles. The summed E-state index contributed by atoms with van der Waals surface area (Å²) in [6.45, 7) is 3.99. The zero-order chi connectivity index (χ0) is 15.2. The molecule has 0 saturated heterocycles. The lowest BCUT2D eigenvalue weighted by Gasteiger charge is -2.14. The molecule has 4 nitrogen and oxygen atoms in total. The van der Waals surface area contributed by atoms with Gasteiger partial charge in [0.15, 0.2) is 0 Å². The lowest BCUT2D eigenvalue weighted by atomic mass is 9.89. The van der Waals surface area contributed by atoms with E-state index in [1.165, 1.54) is 6.07 Å². The van der Waals surface area contributed by atoms with E-state index in [0.717, 1.165) is 25.0 Å². The van der Waals surface area contributed by atoms with Crippen molar-refractivity contribution in [3.8, 4) is 6.07 Å². The molecule has 1 aromatic rings. The molecule has 108 valence electrons. The second-order valence-electron chi connectivity index (χ2n) is 5.36. The minimum absolute atomic E-state index is 0.111. The molecule has 0 fully saturated rings. The van der Waals surface area contributed by atoms with Crippen molar-refractivity contribution in [1.29, 1.82) is 5.26 Å². The maximum Gasteiger partial charge on any atom is 0.338 e. The molecule has 0 unspecified atom stereocenters. The standard InChI is InChI=1S/C15H19FN2O2/c1-15(2,10-17)5-3-4-6-20-14(19)11-7-12(16)9-13(18)8-11/h7-9H,3-6,18H2,1-2H3. The number of nitrogens with zero attached hydrogens (tertiary/aromatic N) is 1. The number of hydrogen-bond donors (Lipinski definition) is 1. The lowest BCUT2D eigenvalue weighted by molar-refractivity contribution is 0.0495. The average Bonchev–Trinajstić information content (AvgIpc) is 2.37. The second kappa shape index (κ2) is 6.90. The van der Waals surface area contributed by atoms with E-state index in [9.17, 15) is 9.18 Å². The number of esters is 1. The van der Waals surface area contributed by atoms with Crippen LogP contribution in [0.25, 0.3) is 0 Å². The number of nitriles is 1. The van der Waals surface area contributed by atoms with Crippen LogP contribution in [-0.2, 0) is 4.74 Å². The molecule has 0 amide bonds. The van der Waals surface area contributed by atoms with Gasteiger partial charge in [0.25, 0.3) is 0 Å². The van der Waals surface area contributed by atoms with Crippen molar-refractivity contribution in [2.45, 2.75) is 33.1 Å². The average molecular weight is 278 g/mol. The molecule has 0 aliphatic carbocycles. The Balaban J connectivity index is 2.36. The van der Waals surface area contributed by atoms with Gasteiger partial charge in [-0.1, -0.05) is 0 Å². The smallest absolute Gasteiger partial charge is 0.338 e. The summed E-state index contributed by atoms with van der Waals surface area (Å²) in [4.78, 5) is 11.7. The van der Waals surface area contributed by atoms with Gasteiger partial charge in [-0.05, 0) is 51.3 Å². The van der Waals surface area contributed by atoms with Gasteiger partial charge in [0.1, 0.15) is 5.82 Å². The van der Waals surface area contributed by atoms with Crippen LogP contribution >= 0.6 is 0 Å². The Morgan fingerprint density at radius 3 is 2.70 bits per heavy atom. The summed E-state index contributed by atoms with van der Waals surface area (Å²) in [5, 5.41) is 8.86. The van der Waals surface area contributed by atoms with E-state index in [-0.39, 0.29) is 23.3 Å². The number of rotatable bonds is 6. The summed E-state index contributed by atoms with van der Waals surface area (Å²) >= 11 is 0. The molecule has 5 heteroatoms. The topological polar surface area (TPSA) is 76.1 Å². The van der Waals surface area contributed by atoms with Crippen molar-refractivity contribution in [2.24, 2.45) is 5.41 Å². The fourth-order valence-corrected chi connectivity index (χ4v) is 1.70. The zero-order valence-corrected chi connectivity index (χ0v) is 11.8. The van der Waals surface area contributed by atoms with Gasteiger partial charge in [-0.25, -0.2) is 9.18 Å². The summed E-state index contributed by atoms with van der Waals surface area (Å²) in [5.41, 5.74) is 5.40. The van der Waals surface area contributed by atoms with Crippen LogP contribution in [-0.4, -0.2) is 12.6 Å². The van der Waals surface area contributed by atoms with Gasteiger partial charge in [0, 0.05) is 5.69 Å². The Morgan fingerprint density at radius 2 is 2.10 bits per heavy atom. The first-order valence-corrected chi connectivity index (χ1v) is 6.48. The summed E-state index contributed by atoms with van der Waals surface area (Å²) in [6.07, 6.45) is 2.20. The number of carbonyl (C=O) groups excluding carboxylic acids is 1. The van der Waals surface area contributed by atoms with Gasteiger partial charge >= 0.3 is 5.97 Å². The van der Waals surface area contributed by atoms with Crippen LogP contribution < -0.4 is 5.73 Å². The molecular weight excluding hydrogens is 259 g/mol. The highest BCUT2D eigenvalue weighted by molar-refractivity contribution is 5.90. The number of benzene rings is 1. The molecule has 2 N–H and O–H groups in total. The Kier molecular flexibility index (Phi) is 5.51. The van der Waals surface area contributed by atoms with E-state index in [0.29, 0.717) is 6.42 Å². The third-order valence-corrected chi connectivity index (χ3v) is 2.89. The molecule has 0 bridgehead atoms. The van der Waals surface area contributed by atoms with Crippen LogP contribution in [0.5, 0.6) is 0 Å². The second-order valence-corrected chi connectivity index (χ2v) is 5.36. The first kappa shape index (κ1) is 16.0. The van der Waals surface area contributed by atoms with Crippen LogP contribution in [0.4, 0.5) is 10.1 Å². The van der Waals surface area contributed by atoms with Gasteiger partial charge in [-0.3, -0.25) is 0 Å². The number of halogens is 1. The fourth-order valence-electron chi connectivity index (χ4n) is 1.70. The molecule has 0 atom stereocenters. The number of unbranched alkanes of at least 4 members (excludes halogenated alkanes) is 1. The monoisotopic (exact) mass is 278 g/mol. The Hall–Kier alpha value is -2.09. The van der Waals surface area contributed by atoms with Crippen LogP contribution in [0.2, 0.25) is 0 Å². The number of carbonyl (C=O) groups is 1. The van der Waals surface area contributed by atoms with E-state index in [2.05, 4.69) is 6.07 Å². The Morgan fingerprint density at radius 1 is 1.40 bits per heavy atom. The van der Waals surface area contributed by atoms with Crippen molar-refractivity contribution >= 4 is 11.7 Å². The highest BCUT2D eigenvalue weighted by atomic mass is 19.1. The number of anilines is 1. The first-order chi connectivity index (χ1) is 9.34. The number of ether oxygens (including phenoxy) is 1. The minimum atomic E-state index is -0.587. The predicted molar refractivity (Wildman–Crippen MR) is 74.3 cm³/mol. The van der Waals surface area contributed by atoms with E-state index >= 15 is 0 Å². The minimum Gasteiger partial charge on any atom is -0.462 e. The summed E-state index contributed by atoms with van der Waals surface area (Å²) in [6, 6.07) is 5.83. The maximum absolute atomic E-state index is 13.1. The normalized spacial score (nSPS) is 10.9. The lowest BCUT2D eigenvalue weighted by Crippen LogP contribution is -2.10. The van der Waals surface area contributed by atoms with E-state index in [1.807, 2.05) is 13.8 Å². The highest BCUT2D eigenvalue weighted by Crippen LogP contribution is 2.21. The van der Waals surface area contributed by atoms with Gasteiger partial charge in [-0.2, -0.15) is 5.26 Å². The van der Waals surface area contributed by atoms with E-state index in [1.54, 1.807) is 0 Å². The first-order valence-electron chi connectivity index (χ1n) is 6.48. The van der Waals surface area contributed by atoms with Gasteiger partial charge < -0.3 is 10.5 Å². The highest BCUT2D eigenvalue weighted by Gasteiger charge is 2.15. The molecule has 0 saturated carbocycles. The van der Waals surface area contributed by atoms with Crippen molar-refractivity contribution in [3.05, 3.63) is 29.6 Å². The molecule has 0 aliphatic heterocycles. The van der Waals surface area contributed by atoms with Crippen LogP contribution in [0.15, 0.2) is 18.2 Å². The molecule has 0 aliphatic rings. The quantitative estimate of drug-likeness (QED) is 0.492. The summed E-state index contributed by atoms with van der Waals surface area (Å²) in [5.74, 6) is -1.15. The number of hydrogen-bond acceptors (Lipinski definition) is 4. The SMILES string of the molecule is CC(C)(C#N)CCCCOC(=O)c1cc(N)cc(F)c1. The van der Waals surface area contributed by atoms with Gasteiger partial charge in [0.05, 0.1) is 23.7 Å². The summed E-state index contributed by atoms with van der Waals surface area (Å²) < 4.78 is 18.1. The molecular formula is C15H19FN2O2. The fraction of sp³-hybridized carbons (Fsp3) is 0.467. The van der Waals surface area contributed by atoms with E-state index < -0.39 is 11.8 Å². The van der Waals surface area contributed by atoms with Crippen molar-refractivity contribution in [2.75, 3.05) is 12.3 Å². The van der Waals surface area contributed by atoms with Gasteiger partial charge in [-0.15, -0.1) is 0 Å². The third kappa shape index (κ3) is 5.27.